The minimum absolute atomic E-state index is 0.152. The van der Waals surface area contributed by atoms with Gasteiger partial charge < -0.3 is 15.7 Å². The normalized spacial score (nSPS) is 16.9. The number of carbonyl (C=O) groups excluding carboxylic acids is 3. The molecule has 1 unspecified atom stereocenters. The Kier molecular flexibility index (Phi) is 6.67. The summed E-state index contributed by atoms with van der Waals surface area (Å²) in [6.45, 7) is 1.11. The largest absolute Gasteiger partial charge is 0.503 e. The zero-order chi connectivity index (χ0) is 27.0. The monoisotopic (exact) mass is 517 g/mol. The number of hydrogen-bond acceptors (Lipinski definition) is 4. The van der Waals surface area contributed by atoms with E-state index in [9.17, 15) is 28.3 Å². The molecule has 3 amide bonds. The number of hydrogen-bond donors (Lipinski definition) is 3. The van der Waals surface area contributed by atoms with Crippen LogP contribution in [0.15, 0.2) is 72.0 Å². The van der Waals surface area contributed by atoms with Crippen LogP contribution >= 0.6 is 0 Å². The Hall–Kier alpha value is -4.53. The minimum atomic E-state index is -0.966. The van der Waals surface area contributed by atoms with Crippen molar-refractivity contribution in [3.63, 3.8) is 0 Å². The smallest absolute Gasteiger partial charge is 0.294 e. The highest BCUT2D eigenvalue weighted by atomic mass is 19.1. The maximum atomic E-state index is 14.3. The molecule has 0 fully saturated rings. The van der Waals surface area contributed by atoms with Gasteiger partial charge in [0, 0.05) is 18.7 Å². The number of aliphatic hydroxyl groups excluding tert-OH is 1. The first-order valence-corrected chi connectivity index (χ1v) is 12.2. The van der Waals surface area contributed by atoms with Crippen molar-refractivity contribution in [3.05, 3.63) is 94.8 Å². The van der Waals surface area contributed by atoms with Crippen LogP contribution < -0.4 is 15.5 Å². The molecule has 0 aromatic heterocycles. The van der Waals surface area contributed by atoms with Gasteiger partial charge in [-0.05, 0) is 71.8 Å². The van der Waals surface area contributed by atoms with Crippen molar-refractivity contribution in [3.8, 4) is 11.1 Å². The molecule has 0 saturated carbocycles. The first kappa shape index (κ1) is 25.1. The van der Waals surface area contributed by atoms with Crippen molar-refractivity contribution >= 4 is 29.1 Å². The quantitative estimate of drug-likeness (QED) is 0.446. The lowest BCUT2D eigenvalue weighted by molar-refractivity contribution is -0.119. The molecule has 1 aliphatic carbocycles. The van der Waals surface area contributed by atoms with E-state index in [0.717, 1.165) is 52.1 Å². The third-order valence-electron chi connectivity index (χ3n) is 6.83. The van der Waals surface area contributed by atoms with Crippen molar-refractivity contribution in [2.45, 2.75) is 32.2 Å². The van der Waals surface area contributed by atoms with Crippen LogP contribution in [0.2, 0.25) is 0 Å². The van der Waals surface area contributed by atoms with Gasteiger partial charge in [0.15, 0.2) is 5.76 Å². The molecule has 9 heteroatoms. The van der Waals surface area contributed by atoms with Gasteiger partial charge in [-0.3, -0.25) is 19.3 Å². The van der Waals surface area contributed by atoms with Crippen LogP contribution in [0.5, 0.6) is 0 Å². The number of carbonyl (C=O) groups is 3. The highest BCUT2D eigenvalue weighted by Crippen LogP contribution is 2.35. The summed E-state index contributed by atoms with van der Waals surface area (Å²) < 4.78 is 27.6. The van der Waals surface area contributed by atoms with Gasteiger partial charge in [-0.25, -0.2) is 8.78 Å². The van der Waals surface area contributed by atoms with Gasteiger partial charge in [0.05, 0.1) is 23.8 Å². The van der Waals surface area contributed by atoms with Gasteiger partial charge in [-0.15, -0.1) is 0 Å². The lowest BCUT2D eigenvalue weighted by atomic mass is 9.85. The molecule has 3 aromatic rings. The van der Waals surface area contributed by atoms with E-state index in [-0.39, 0.29) is 29.8 Å². The van der Waals surface area contributed by atoms with E-state index in [1.54, 1.807) is 0 Å². The number of halogens is 2. The average molecular weight is 518 g/mol. The Morgan fingerprint density at radius 1 is 1.00 bits per heavy atom. The number of amides is 3. The van der Waals surface area contributed by atoms with Crippen molar-refractivity contribution < 1.29 is 28.3 Å². The fraction of sp³-hybridized carbons (Fsp3) is 0.207. The molecule has 0 bridgehead atoms. The molecule has 3 N–H and O–H groups in total. The molecular weight excluding hydrogens is 492 g/mol. The molecule has 7 nitrogen and oxygen atoms in total. The molecule has 0 spiro atoms. The van der Waals surface area contributed by atoms with Crippen LogP contribution in [0.25, 0.3) is 11.1 Å². The maximum absolute atomic E-state index is 14.3. The molecule has 0 saturated heterocycles. The highest BCUT2D eigenvalue weighted by Gasteiger charge is 2.37. The molecule has 1 aliphatic heterocycles. The van der Waals surface area contributed by atoms with Gasteiger partial charge in [0.25, 0.3) is 11.8 Å². The molecule has 1 heterocycles. The Labute approximate surface area is 217 Å². The fourth-order valence-electron chi connectivity index (χ4n) is 4.96. The number of aryl methyl sites for hydroxylation is 1. The van der Waals surface area contributed by atoms with E-state index in [1.165, 1.54) is 6.92 Å². The lowest BCUT2D eigenvalue weighted by Crippen LogP contribution is -2.34. The highest BCUT2D eigenvalue weighted by molar-refractivity contribution is 6.14. The summed E-state index contributed by atoms with van der Waals surface area (Å²) in [6, 6.07) is 15.9. The molecule has 3 aromatic carbocycles. The molecule has 194 valence electrons. The number of aliphatic hydroxyl groups is 1. The third-order valence-corrected chi connectivity index (χ3v) is 6.83. The van der Waals surface area contributed by atoms with Crippen molar-refractivity contribution in [1.29, 1.82) is 0 Å². The summed E-state index contributed by atoms with van der Waals surface area (Å²) in [5, 5.41) is 16.1. The standard InChI is InChI=1S/C29H25F2N3O4/c1-16(35)32-21-10-7-17(8-11-21)19-6-5-18-3-2-4-25(22(18)13-19)33-28(37)23-15-34(29(38)27(23)36)26-12-9-20(30)14-24(26)31/h5-14,25,36H,2-4,15H2,1H3,(H,32,35)(H,33,37). The Bertz CT molecular complexity index is 1480. The van der Waals surface area contributed by atoms with Gasteiger partial charge in [0.1, 0.15) is 11.6 Å². The summed E-state index contributed by atoms with van der Waals surface area (Å²) in [4.78, 5) is 38.0. The lowest BCUT2D eigenvalue weighted by Gasteiger charge is -2.27. The van der Waals surface area contributed by atoms with Gasteiger partial charge in [0.2, 0.25) is 5.91 Å². The first-order chi connectivity index (χ1) is 18.2. The van der Waals surface area contributed by atoms with Crippen LogP contribution in [0, 0.1) is 11.6 Å². The average Bonchev–Trinajstić information content (AvgIpc) is 3.18. The van der Waals surface area contributed by atoms with Crippen LogP contribution in [0.4, 0.5) is 20.2 Å². The van der Waals surface area contributed by atoms with Crippen LogP contribution in [-0.2, 0) is 20.8 Å². The number of nitrogens with one attached hydrogen (secondary N) is 2. The number of fused-ring (bicyclic) bond motifs is 1. The number of rotatable bonds is 5. The summed E-state index contributed by atoms with van der Waals surface area (Å²) in [7, 11) is 0. The van der Waals surface area contributed by atoms with Crippen molar-refractivity contribution in [2.24, 2.45) is 0 Å². The second-order valence-corrected chi connectivity index (χ2v) is 9.40. The predicted molar refractivity (Wildman–Crippen MR) is 138 cm³/mol. The Morgan fingerprint density at radius 3 is 2.45 bits per heavy atom. The van der Waals surface area contributed by atoms with E-state index in [1.807, 2.05) is 42.5 Å². The van der Waals surface area contributed by atoms with Crippen molar-refractivity contribution in [1.82, 2.24) is 5.32 Å². The summed E-state index contributed by atoms with van der Waals surface area (Å²) >= 11 is 0. The fourth-order valence-corrected chi connectivity index (χ4v) is 4.96. The minimum Gasteiger partial charge on any atom is -0.503 e. The predicted octanol–water partition coefficient (Wildman–Crippen LogP) is 4.94. The zero-order valence-electron chi connectivity index (χ0n) is 20.6. The van der Waals surface area contributed by atoms with Crippen LogP contribution in [-0.4, -0.2) is 29.4 Å². The second-order valence-electron chi connectivity index (χ2n) is 9.40. The summed E-state index contributed by atoms with van der Waals surface area (Å²) in [6.07, 6.45) is 2.37. The topological polar surface area (TPSA) is 98.7 Å². The molecule has 5 rings (SSSR count). The first-order valence-electron chi connectivity index (χ1n) is 12.2. The molecular formula is C29H25F2N3O4. The van der Waals surface area contributed by atoms with E-state index in [0.29, 0.717) is 18.2 Å². The van der Waals surface area contributed by atoms with Crippen LogP contribution in [0.1, 0.15) is 36.9 Å². The Morgan fingerprint density at radius 2 is 1.74 bits per heavy atom. The molecule has 2 aliphatic rings. The SMILES string of the molecule is CC(=O)Nc1ccc(-c2ccc3c(c2)C(NC(=O)C2=C(O)C(=O)N(c4ccc(F)cc4F)C2)CCC3)cc1. The zero-order valence-corrected chi connectivity index (χ0v) is 20.6. The maximum Gasteiger partial charge on any atom is 0.294 e. The molecule has 1 atom stereocenters. The number of anilines is 2. The van der Waals surface area contributed by atoms with Gasteiger partial charge >= 0.3 is 0 Å². The van der Waals surface area contributed by atoms with E-state index in [2.05, 4.69) is 10.6 Å². The molecule has 0 radical (unpaired) electrons. The van der Waals surface area contributed by atoms with Gasteiger partial charge in [-0.1, -0.05) is 24.3 Å². The number of nitrogens with zero attached hydrogens (tertiary/aromatic N) is 1. The van der Waals surface area contributed by atoms with E-state index < -0.39 is 29.2 Å². The molecule has 38 heavy (non-hydrogen) atoms. The van der Waals surface area contributed by atoms with E-state index in [4.69, 9.17) is 0 Å². The second kappa shape index (κ2) is 10.1. The summed E-state index contributed by atoms with van der Waals surface area (Å²) in [5.74, 6) is -4.21. The number of benzene rings is 3. The Balaban J connectivity index is 1.36. The van der Waals surface area contributed by atoms with Crippen LogP contribution in [0.3, 0.4) is 0 Å². The third kappa shape index (κ3) is 4.87. The van der Waals surface area contributed by atoms with Crippen molar-refractivity contribution in [2.75, 3.05) is 16.8 Å². The van der Waals surface area contributed by atoms with Gasteiger partial charge in [-0.2, -0.15) is 0 Å². The van der Waals surface area contributed by atoms with E-state index >= 15 is 0 Å². The summed E-state index contributed by atoms with van der Waals surface area (Å²) in [5.41, 5.74) is 4.22.